The number of allylic oxidation sites excluding steroid dienone is 1. The quantitative estimate of drug-likeness (QED) is 0.156. The fraction of sp³-hybridized carbons (Fsp3) is 0.156. The van der Waals surface area contributed by atoms with Gasteiger partial charge < -0.3 is 25.8 Å². The van der Waals surface area contributed by atoms with Gasteiger partial charge in [-0.15, -0.1) is 11.3 Å². The maximum Gasteiger partial charge on any atom is 0.211 e. The van der Waals surface area contributed by atoms with E-state index in [1.807, 2.05) is 68.4 Å². The Morgan fingerprint density at radius 3 is 2.37 bits per heavy atom. The number of aryl methyl sites for hydroxylation is 2. The highest BCUT2D eigenvalue weighted by molar-refractivity contribution is 8.12. The van der Waals surface area contributed by atoms with Gasteiger partial charge in [-0.05, 0) is 79.2 Å². The van der Waals surface area contributed by atoms with Gasteiger partial charge in [-0.2, -0.15) is 0 Å². The maximum atomic E-state index is 10.7. The van der Waals surface area contributed by atoms with Gasteiger partial charge in [-0.1, -0.05) is 59.8 Å². The number of anilines is 2. The van der Waals surface area contributed by atoms with Crippen LogP contribution in [0.5, 0.6) is 11.5 Å². The van der Waals surface area contributed by atoms with E-state index in [4.69, 9.17) is 26.8 Å². The van der Waals surface area contributed by atoms with Crippen LogP contribution in [0.2, 0.25) is 5.02 Å². The minimum atomic E-state index is 0.635. The number of thioether (sulfide) groups is 1. The molecule has 6 nitrogen and oxygen atoms in total. The summed E-state index contributed by atoms with van der Waals surface area (Å²) in [6.45, 7) is 10.1. The zero-order valence-electron chi connectivity index (χ0n) is 23.7. The van der Waals surface area contributed by atoms with Gasteiger partial charge in [-0.3, -0.25) is 4.79 Å². The highest BCUT2D eigenvalue weighted by Crippen LogP contribution is 2.40. The summed E-state index contributed by atoms with van der Waals surface area (Å²) in [5.41, 5.74) is 13.0. The molecule has 0 spiro atoms. The van der Waals surface area contributed by atoms with Gasteiger partial charge in [0.05, 0.1) is 19.2 Å². The lowest BCUT2D eigenvalue weighted by molar-refractivity contribution is -0.105. The summed E-state index contributed by atoms with van der Waals surface area (Å²) in [5, 5.41) is 9.62. The Hall–Kier alpha value is -3.85. The van der Waals surface area contributed by atoms with Gasteiger partial charge in [0.25, 0.3) is 0 Å². The second-order valence-electron chi connectivity index (χ2n) is 9.03. The van der Waals surface area contributed by atoms with E-state index in [0.29, 0.717) is 23.6 Å². The van der Waals surface area contributed by atoms with Gasteiger partial charge in [0, 0.05) is 37.9 Å². The first kappa shape index (κ1) is 31.7. The third kappa shape index (κ3) is 9.08. The lowest BCUT2D eigenvalue weighted by atomic mass is 10.1. The van der Waals surface area contributed by atoms with E-state index in [1.165, 1.54) is 17.3 Å². The van der Waals surface area contributed by atoms with Crippen molar-refractivity contribution in [3.8, 4) is 22.6 Å². The Bertz CT molecular complexity index is 1540. The minimum absolute atomic E-state index is 0.635. The molecule has 0 unspecified atom stereocenters. The molecule has 0 aliphatic heterocycles. The van der Waals surface area contributed by atoms with E-state index in [9.17, 15) is 4.79 Å². The predicted octanol–water partition coefficient (Wildman–Crippen LogP) is 8.92. The maximum absolute atomic E-state index is 10.7. The number of benzene rings is 3. The number of rotatable bonds is 10. The smallest absolute Gasteiger partial charge is 0.211 e. The predicted molar refractivity (Wildman–Crippen MR) is 177 cm³/mol. The van der Waals surface area contributed by atoms with Crippen molar-refractivity contribution >= 4 is 57.4 Å². The summed E-state index contributed by atoms with van der Waals surface area (Å²) in [4.78, 5) is 12.7. The molecule has 4 N–H and O–H groups in total. The van der Waals surface area contributed by atoms with Gasteiger partial charge in [0.2, 0.25) is 6.41 Å². The summed E-state index contributed by atoms with van der Waals surface area (Å²) in [6.07, 6.45) is 0.671. The van der Waals surface area contributed by atoms with E-state index >= 15 is 0 Å². The SMILES string of the molecule is C=C(Nc1ccc(OC)c(OC)c1)S/C(=C(\C)N)c1cc(-c2cccc(NC=O)c2)cs1.Cc1ccc(Cl)c(C)c1. The average molecular weight is 608 g/mol. The van der Waals surface area contributed by atoms with Crippen molar-refractivity contribution in [2.75, 3.05) is 24.9 Å². The molecule has 41 heavy (non-hydrogen) atoms. The lowest BCUT2D eigenvalue weighted by Crippen LogP contribution is -1.99. The Balaban J connectivity index is 0.000000436. The van der Waals surface area contributed by atoms with E-state index in [-0.39, 0.29) is 0 Å². The van der Waals surface area contributed by atoms with E-state index in [1.54, 1.807) is 25.6 Å². The highest BCUT2D eigenvalue weighted by atomic mass is 35.5. The topological polar surface area (TPSA) is 85.6 Å². The third-order valence-electron chi connectivity index (χ3n) is 5.81. The van der Waals surface area contributed by atoms with Crippen molar-refractivity contribution in [1.82, 2.24) is 0 Å². The van der Waals surface area contributed by atoms with Gasteiger partial charge in [0.1, 0.15) is 0 Å². The van der Waals surface area contributed by atoms with Gasteiger partial charge in [0.15, 0.2) is 11.5 Å². The molecule has 0 aliphatic carbocycles. The van der Waals surface area contributed by atoms with Crippen LogP contribution in [-0.4, -0.2) is 20.6 Å². The van der Waals surface area contributed by atoms with Crippen molar-refractivity contribution in [2.45, 2.75) is 20.8 Å². The molecular formula is C32H34ClN3O3S2. The number of halogens is 1. The zero-order chi connectivity index (χ0) is 29.9. The van der Waals surface area contributed by atoms with Crippen molar-refractivity contribution in [1.29, 1.82) is 0 Å². The van der Waals surface area contributed by atoms with E-state index in [0.717, 1.165) is 47.9 Å². The van der Waals surface area contributed by atoms with Crippen molar-refractivity contribution < 1.29 is 14.3 Å². The largest absolute Gasteiger partial charge is 0.493 e. The number of nitrogens with one attached hydrogen (secondary N) is 2. The number of hydrogen-bond acceptors (Lipinski definition) is 7. The van der Waals surface area contributed by atoms with Crippen LogP contribution < -0.4 is 25.8 Å². The number of amides is 1. The molecule has 214 valence electrons. The zero-order valence-corrected chi connectivity index (χ0v) is 26.1. The molecule has 0 saturated carbocycles. The first-order chi connectivity index (χ1) is 19.6. The van der Waals surface area contributed by atoms with Gasteiger partial charge >= 0.3 is 0 Å². The first-order valence-electron chi connectivity index (χ1n) is 12.6. The fourth-order valence-corrected chi connectivity index (χ4v) is 5.85. The molecule has 0 atom stereocenters. The van der Waals surface area contributed by atoms with Crippen LogP contribution in [0.25, 0.3) is 16.0 Å². The summed E-state index contributed by atoms with van der Waals surface area (Å²) in [6, 6.07) is 21.4. The standard InChI is InChI=1S/C24H25N3O3S2.C8H9Cl/c1-15(25)24(32-16(2)27-20-8-9-21(29-3)22(12-20)30-4)23-11-18(13-31-23)17-6-5-7-19(10-17)26-14-28;1-6-3-4-8(9)7(2)5-6/h5-14,27H,2,25H2,1,3-4H3,(H,26,28);3-5H,1-2H3/b24-15+;. The van der Waals surface area contributed by atoms with Crippen LogP contribution in [0.1, 0.15) is 22.9 Å². The third-order valence-corrected chi connectivity index (χ3v) is 8.40. The number of hydrogen-bond donors (Lipinski definition) is 3. The fourth-order valence-electron chi connectivity index (χ4n) is 3.81. The first-order valence-corrected chi connectivity index (χ1v) is 14.7. The molecule has 4 rings (SSSR count). The second kappa shape index (κ2) is 15.2. The van der Waals surface area contributed by atoms with Crippen molar-refractivity contribution in [2.24, 2.45) is 5.73 Å². The Kier molecular flexibility index (Phi) is 11.8. The molecule has 0 saturated heterocycles. The Morgan fingerprint density at radius 1 is 0.976 bits per heavy atom. The number of nitrogens with two attached hydrogens (primary N) is 1. The number of methoxy groups -OCH3 is 2. The van der Waals surface area contributed by atoms with E-state index < -0.39 is 0 Å². The highest BCUT2D eigenvalue weighted by Gasteiger charge is 2.13. The molecule has 0 bridgehead atoms. The van der Waals surface area contributed by atoms with Crippen LogP contribution in [-0.2, 0) is 4.79 Å². The molecule has 0 aliphatic rings. The number of carbonyl (C=O) groups is 1. The van der Waals surface area contributed by atoms with Crippen molar-refractivity contribution in [3.05, 3.63) is 110 Å². The number of carbonyl (C=O) groups excluding carboxylic acids is 1. The molecule has 1 amide bonds. The molecule has 0 fully saturated rings. The average Bonchev–Trinajstić information content (AvgIpc) is 3.44. The molecule has 0 radical (unpaired) electrons. The van der Waals surface area contributed by atoms with Crippen LogP contribution in [0.15, 0.2) is 89.4 Å². The summed E-state index contributed by atoms with van der Waals surface area (Å²) >= 11 is 8.86. The van der Waals surface area contributed by atoms with Gasteiger partial charge in [-0.25, -0.2) is 0 Å². The summed E-state index contributed by atoms with van der Waals surface area (Å²) in [5.74, 6) is 1.29. The van der Waals surface area contributed by atoms with Crippen LogP contribution in [0, 0.1) is 13.8 Å². The lowest BCUT2D eigenvalue weighted by Gasteiger charge is -2.14. The second-order valence-corrected chi connectivity index (χ2v) is 11.5. The summed E-state index contributed by atoms with van der Waals surface area (Å²) < 4.78 is 10.6. The van der Waals surface area contributed by atoms with Crippen molar-refractivity contribution in [3.63, 3.8) is 0 Å². The molecular weight excluding hydrogens is 574 g/mol. The Morgan fingerprint density at radius 2 is 1.73 bits per heavy atom. The molecule has 3 aromatic carbocycles. The van der Waals surface area contributed by atoms with Crippen LogP contribution >= 0.6 is 34.7 Å². The monoisotopic (exact) mass is 607 g/mol. The van der Waals surface area contributed by atoms with E-state index in [2.05, 4.69) is 41.6 Å². The summed E-state index contributed by atoms with van der Waals surface area (Å²) in [7, 11) is 3.20. The molecule has 4 aromatic rings. The molecule has 1 aromatic heterocycles. The Labute approximate surface area is 255 Å². The molecule has 9 heteroatoms. The van der Waals surface area contributed by atoms with Crippen LogP contribution in [0.3, 0.4) is 0 Å². The van der Waals surface area contributed by atoms with Crippen LogP contribution in [0.4, 0.5) is 11.4 Å². The number of thiophene rings is 1. The molecule has 1 heterocycles. The normalized spacial score (nSPS) is 11.0. The minimum Gasteiger partial charge on any atom is -0.493 e. The number of ether oxygens (including phenoxy) is 2.